The minimum atomic E-state index is -0.457. The molecule has 21 heavy (non-hydrogen) atoms. The average molecular weight is 348 g/mol. The zero-order valence-corrected chi connectivity index (χ0v) is 13.0. The Bertz CT molecular complexity index is 670. The van der Waals surface area contributed by atoms with E-state index in [1.165, 1.54) is 0 Å². The maximum Gasteiger partial charge on any atom is 0.344 e. The minimum Gasteiger partial charge on any atom is -0.423 e. The monoisotopic (exact) mass is 347 g/mol. The summed E-state index contributed by atoms with van der Waals surface area (Å²) in [5.74, 6) is -0.171. The van der Waals surface area contributed by atoms with Crippen LogP contribution in [0.25, 0.3) is 0 Å². The summed E-state index contributed by atoms with van der Waals surface area (Å²) in [5.41, 5.74) is 1.04. The number of halogens is 1. The summed E-state index contributed by atoms with van der Waals surface area (Å²) < 4.78 is 5.99. The van der Waals surface area contributed by atoms with Crippen molar-refractivity contribution in [2.24, 2.45) is 0 Å². The standard InChI is InChI=1S/C16H14BrNO3/c1-2-15(19)18-11-6-5-7-12(10-11)21-16(20)13-8-3-4-9-14(13)17/h3-10H,2H2,1H3,(H,18,19). The molecule has 4 nitrogen and oxygen atoms in total. The second-order valence-electron chi connectivity index (χ2n) is 4.30. The number of rotatable bonds is 4. The van der Waals surface area contributed by atoms with Gasteiger partial charge in [0.2, 0.25) is 5.91 Å². The summed E-state index contributed by atoms with van der Waals surface area (Å²) in [7, 11) is 0. The van der Waals surface area contributed by atoms with Gasteiger partial charge in [0.15, 0.2) is 0 Å². The van der Waals surface area contributed by atoms with Crippen molar-refractivity contribution >= 4 is 33.5 Å². The van der Waals surface area contributed by atoms with Crippen molar-refractivity contribution in [2.45, 2.75) is 13.3 Å². The second-order valence-corrected chi connectivity index (χ2v) is 5.15. The van der Waals surface area contributed by atoms with Crippen molar-refractivity contribution in [2.75, 3.05) is 5.32 Å². The fraction of sp³-hybridized carbons (Fsp3) is 0.125. The van der Waals surface area contributed by atoms with E-state index in [4.69, 9.17) is 4.74 Å². The van der Waals surface area contributed by atoms with Crippen LogP contribution in [0, 0.1) is 0 Å². The van der Waals surface area contributed by atoms with Gasteiger partial charge in [0.25, 0.3) is 0 Å². The van der Waals surface area contributed by atoms with Gasteiger partial charge in [0.05, 0.1) is 5.56 Å². The summed E-state index contributed by atoms with van der Waals surface area (Å²) in [6, 6.07) is 13.8. The highest BCUT2D eigenvalue weighted by Gasteiger charge is 2.12. The van der Waals surface area contributed by atoms with Crippen molar-refractivity contribution in [3.05, 3.63) is 58.6 Å². The van der Waals surface area contributed by atoms with Crippen molar-refractivity contribution in [3.63, 3.8) is 0 Å². The molecule has 2 aromatic rings. The molecule has 0 saturated heterocycles. The zero-order valence-electron chi connectivity index (χ0n) is 11.4. The van der Waals surface area contributed by atoms with Gasteiger partial charge in [0, 0.05) is 22.6 Å². The zero-order chi connectivity index (χ0) is 15.2. The molecule has 1 N–H and O–H groups in total. The van der Waals surface area contributed by atoms with Gasteiger partial charge in [-0.2, -0.15) is 0 Å². The number of anilines is 1. The third-order valence-corrected chi connectivity index (χ3v) is 3.43. The van der Waals surface area contributed by atoms with Gasteiger partial charge in [-0.1, -0.05) is 25.1 Å². The molecule has 0 unspecified atom stereocenters. The molecule has 0 spiro atoms. The largest absolute Gasteiger partial charge is 0.423 e. The smallest absolute Gasteiger partial charge is 0.344 e. The molecule has 108 valence electrons. The highest BCUT2D eigenvalue weighted by molar-refractivity contribution is 9.10. The molecule has 1 amide bonds. The predicted molar refractivity (Wildman–Crippen MR) is 84.5 cm³/mol. The molecular weight excluding hydrogens is 334 g/mol. The van der Waals surface area contributed by atoms with Crippen LogP contribution in [-0.4, -0.2) is 11.9 Å². The quantitative estimate of drug-likeness (QED) is 0.671. The van der Waals surface area contributed by atoms with Crippen LogP contribution in [0.4, 0.5) is 5.69 Å². The van der Waals surface area contributed by atoms with Crippen molar-refractivity contribution in [1.29, 1.82) is 0 Å². The Kier molecular flexibility index (Phi) is 5.11. The molecule has 0 saturated carbocycles. The molecular formula is C16H14BrNO3. The van der Waals surface area contributed by atoms with E-state index >= 15 is 0 Å². The van der Waals surface area contributed by atoms with E-state index in [0.29, 0.717) is 27.9 Å². The van der Waals surface area contributed by atoms with Gasteiger partial charge in [-0.3, -0.25) is 4.79 Å². The number of ether oxygens (including phenoxy) is 1. The lowest BCUT2D eigenvalue weighted by Crippen LogP contribution is -2.11. The molecule has 0 heterocycles. The lowest BCUT2D eigenvalue weighted by molar-refractivity contribution is -0.115. The molecule has 0 radical (unpaired) electrons. The van der Waals surface area contributed by atoms with Crippen LogP contribution in [-0.2, 0) is 4.79 Å². The number of carbonyl (C=O) groups is 2. The van der Waals surface area contributed by atoms with Gasteiger partial charge in [-0.05, 0) is 40.2 Å². The minimum absolute atomic E-state index is 0.0933. The number of benzene rings is 2. The third-order valence-electron chi connectivity index (χ3n) is 2.74. The summed E-state index contributed by atoms with van der Waals surface area (Å²) in [6.45, 7) is 1.77. The average Bonchev–Trinajstić information content (AvgIpc) is 2.47. The number of hydrogen-bond acceptors (Lipinski definition) is 3. The van der Waals surface area contributed by atoms with E-state index < -0.39 is 5.97 Å². The van der Waals surface area contributed by atoms with Gasteiger partial charge in [-0.25, -0.2) is 4.79 Å². The Morgan fingerprint density at radius 1 is 1.14 bits per heavy atom. The van der Waals surface area contributed by atoms with Crippen molar-refractivity contribution in [1.82, 2.24) is 0 Å². The highest BCUT2D eigenvalue weighted by atomic mass is 79.9. The van der Waals surface area contributed by atoms with Crippen molar-refractivity contribution in [3.8, 4) is 5.75 Å². The fourth-order valence-corrected chi connectivity index (χ4v) is 2.12. The first-order valence-electron chi connectivity index (χ1n) is 6.46. The summed E-state index contributed by atoms with van der Waals surface area (Å²) in [4.78, 5) is 23.4. The highest BCUT2D eigenvalue weighted by Crippen LogP contribution is 2.21. The number of amides is 1. The van der Waals surface area contributed by atoms with Gasteiger partial charge in [-0.15, -0.1) is 0 Å². The van der Waals surface area contributed by atoms with E-state index in [0.717, 1.165) is 0 Å². The molecule has 0 bridgehead atoms. The van der Waals surface area contributed by atoms with Crippen LogP contribution >= 0.6 is 15.9 Å². The molecule has 2 aromatic carbocycles. The lowest BCUT2D eigenvalue weighted by Gasteiger charge is -2.08. The Labute approximate surface area is 131 Å². The molecule has 5 heteroatoms. The molecule has 0 aliphatic rings. The fourth-order valence-electron chi connectivity index (χ4n) is 1.68. The first kappa shape index (κ1) is 15.3. The van der Waals surface area contributed by atoms with Crippen LogP contribution < -0.4 is 10.1 Å². The van der Waals surface area contributed by atoms with E-state index in [2.05, 4.69) is 21.2 Å². The maximum atomic E-state index is 12.1. The SMILES string of the molecule is CCC(=O)Nc1cccc(OC(=O)c2ccccc2Br)c1. The molecule has 0 aromatic heterocycles. The van der Waals surface area contributed by atoms with Crippen LogP contribution in [0.3, 0.4) is 0 Å². The summed E-state index contributed by atoms with van der Waals surface area (Å²) in [6.07, 6.45) is 0.390. The van der Waals surface area contributed by atoms with E-state index in [-0.39, 0.29) is 5.91 Å². The van der Waals surface area contributed by atoms with E-state index in [1.54, 1.807) is 49.4 Å². The van der Waals surface area contributed by atoms with E-state index in [1.807, 2.05) is 6.07 Å². The topological polar surface area (TPSA) is 55.4 Å². The maximum absolute atomic E-state index is 12.1. The molecule has 0 aliphatic heterocycles. The van der Waals surface area contributed by atoms with Gasteiger partial charge in [0.1, 0.15) is 5.75 Å². The first-order chi connectivity index (χ1) is 10.1. The normalized spacial score (nSPS) is 10.0. The second kappa shape index (κ2) is 7.04. The van der Waals surface area contributed by atoms with Crippen LogP contribution in [0.1, 0.15) is 23.7 Å². The number of hydrogen-bond donors (Lipinski definition) is 1. The molecule has 0 atom stereocenters. The molecule has 2 rings (SSSR count). The Hall–Kier alpha value is -2.14. The molecule has 0 aliphatic carbocycles. The first-order valence-corrected chi connectivity index (χ1v) is 7.26. The Morgan fingerprint density at radius 2 is 1.90 bits per heavy atom. The predicted octanol–water partition coefficient (Wildman–Crippen LogP) is 4.02. The summed E-state index contributed by atoms with van der Waals surface area (Å²) >= 11 is 3.31. The number of esters is 1. The van der Waals surface area contributed by atoms with E-state index in [9.17, 15) is 9.59 Å². The molecule has 0 fully saturated rings. The third kappa shape index (κ3) is 4.16. The van der Waals surface area contributed by atoms with Gasteiger partial charge < -0.3 is 10.1 Å². The van der Waals surface area contributed by atoms with Crippen LogP contribution in [0.5, 0.6) is 5.75 Å². The Morgan fingerprint density at radius 3 is 2.62 bits per heavy atom. The number of nitrogens with one attached hydrogen (secondary N) is 1. The van der Waals surface area contributed by atoms with Crippen LogP contribution in [0.2, 0.25) is 0 Å². The number of carbonyl (C=O) groups excluding carboxylic acids is 2. The lowest BCUT2D eigenvalue weighted by atomic mass is 10.2. The van der Waals surface area contributed by atoms with Gasteiger partial charge >= 0.3 is 5.97 Å². The van der Waals surface area contributed by atoms with Crippen molar-refractivity contribution < 1.29 is 14.3 Å². The Balaban J connectivity index is 2.13. The summed E-state index contributed by atoms with van der Waals surface area (Å²) in [5, 5.41) is 2.72. The van der Waals surface area contributed by atoms with Crippen LogP contribution in [0.15, 0.2) is 53.0 Å².